The molecule has 88 valence electrons. The second-order valence-corrected chi connectivity index (χ2v) is 4.22. The van der Waals surface area contributed by atoms with Crippen molar-refractivity contribution in [3.05, 3.63) is 0 Å². The summed E-state index contributed by atoms with van der Waals surface area (Å²) >= 11 is 0. The molecule has 1 saturated carbocycles. The zero-order valence-electron chi connectivity index (χ0n) is 9.50. The van der Waals surface area contributed by atoms with Gasteiger partial charge in [0.2, 0.25) is 0 Å². The maximum absolute atomic E-state index is 11.3. The van der Waals surface area contributed by atoms with E-state index in [1.807, 2.05) is 0 Å². The van der Waals surface area contributed by atoms with Crippen molar-refractivity contribution in [3.8, 4) is 0 Å². The molecule has 15 heavy (non-hydrogen) atoms. The summed E-state index contributed by atoms with van der Waals surface area (Å²) in [6.45, 7) is 2.80. The van der Waals surface area contributed by atoms with Gasteiger partial charge >= 0.3 is 6.09 Å². The van der Waals surface area contributed by atoms with Crippen LogP contribution in [0.25, 0.3) is 0 Å². The van der Waals surface area contributed by atoms with E-state index in [0.29, 0.717) is 12.6 Å². The van der Waals surface area contributed by atoms with Gasteiger partial charge in [-0.25, -0.2) is 4.79 Å². The topological polar surface area (TPSA) is 64.3 Å². The summed E-state index contributed by atoms with van der Waals surface area (Å²) in [4.78, 5) is 11.3. The number of nitrogens with one attached hydrogen (secondary N) is 1. The van der Waals surface area contributed by atoms with Gasteiger partial charge in [0, 0.05) is 12.6 Å². The van der Waals surface area contributed by atoms with Crippen LogP contribution in [-0.4, -0.2) is 24.8 Å². The highest BCUT2D eigenvalue weighted by Gasteiger charge is 2.21. The summed E-state index contributed by atoms with van der Waals surface area (Å²) < 4.78 is 5.28. The molecule has 0 bridgehead atoms. The molecular formula is C11H22N2O2. The molecule has 0 unspecified atom stereocenters. The van der Waals surface area contributed by atoms with Crippen LogP contribution in [0.1, 0.15) is 45.4 Å². The summed E-state index contributed by atoms with van der Waals surface area (Å²) in [5.74, 6) is 0. The number of alkyl carbamates (subject to hydrolysis) is 1. The molecule has 0 aliphatic heterocycles. The summed E-state index contributed by atoms with van der Waals surface area (Å²) in [5.41, 5.74) is 5.77. The predicted octanol–water partition coefficient (Wildman–Crippen LogP) is 1.78. The SMILES string of the molecule is CCCCNC(=O)OC1CCC(N)CC1. The van der Waals surface area contributed by atoms with Crippen molar-refractivity contribution in [3.63, 3.8) is 0 Å². The van der Waals surface area contributed by atoms with Gasteiger partial charge in [-0.1, -0.05) is 13.3 Å². The smallest absolute Gasteiger partial charge is 0.407 e. The first-order valence-electron chi connectivity index (χ1n) is 5.92. The fourth-order valence-corrected chi connectivity index (χ4v) is 1.77. The van der Waals surface area contributed by atoms with E-state index >= 15 is 0 Å². The molecular weight excluding hydrogens is 192 g/mol. The quantitative estimate of drug-likeness (QED) is 0.701. The van der Waals surface area contributed by atoms with Crippen molar-refractivity contribution in [2.75, 3.05) is 6.54 Å². The van der Waals surface area contributed by atoms with Crippen molar-refractivity contribution < 1.29 is 9.53 Å². The van der Waals surface area contributed by atoms with Crippen molar-refractivity contribution >= 4 is 6.09 Å². The molecule has 1 aliphatic rings. The standard InChI is InChI=1S/C11H22N2O2/c1-2-3-8-13-11(14)15-10-6-4-9(12)5-7-10/h9-10H,2-8,12H2,1H3,(H,13,14). The van der Waals surface area contributed by atoms with Gasteiger partial charge in [-0.3, -0.25) is 0 Å². The Kier molecular flexibility index (Phi) is 5.47. The van der Waals surface area contributed by atoms with E-state index in [2.05, 4.69) is 12.2 Å². The van der Waals surface area contributed by atoms with E-state index < -0.39 is 0 Å². The van der Waals surface area contributed by atoms with E-state index in [9.17, 15) is 4.79 Å². The Labute approximate surface area is 91.5 Å². The molecule has 0 aromatic heterocycles. The van der Waals surface area contributed by atoms with Crippen molar-refractivity contribution in [1.82, 2.24) is 5.32 Å². The molecule has 0 aromatic carbocycles. The van der Waals surface area contributed by atoms with Crippen LogP contribution in [0.5, 0.6) is 0 Å². The molecule has 0 aromatic rings. The number of hydrogen-bond donors (Lipinski definition) is 2. The second-order valence-electron chi connectivity index (χ2n) is 4.22. The monoisotopic (exact) mass is 214 g/mol. The van der Waals surface area contributed by atoms with Crippen molar-refractivity contribution in [2.45, 2.75) is 57.6 Å². The Bertz CT molecular complexity index is 189. The number of unbranched alkanes of at least 4 members (excludes halogenated alkanes) is 1. The minimum Gasteiger partial charge on any atom is -0.446 e. The first-order valence-corrected chi connectivity index (χ1v) is 5.92. The first-order chi connectivity index (χ1) is 7.22. The number of rotatable bonds is 4. The Balaban J connectivity index is 2.09. The van der Waals surface area contributed by atoms with Crippen LogP contribution in [0, 0.1) is 0 Å². The van der Waals surface area contributed by atoms with Gasteiger partial charge in [0.1, 0.15) is 6.10 Å². The maximum Gasteiger partial charge on any atom is 0.407 e. The number of hydrogen-bond acceptors (Lipinski definition) is 3. The molecule has 0 heterocycles. The molecule has 0 radical (unpaired) electrons. The molecule has 1 aliphatic carbocycles. The lowest BCUT2D eigenvalue weighted by Gasteiger charge is -2.25. The third-order valence-corrected chi connectivity index (χ3v) is 2.79. The van der Waals surface area contributed by atoms with Crippen LogP contribution in [0.3, 0.4) is 0 Å². The number of carbonyl (C=O) groups is 1. The summed E-state index contributed by atoms with van der Waals surface area (Å²) in [7, 11) is 0. The van der Waals surface area contributed by atoms with E-state index in [-0.39, 0.29) is 12.2 Å². The molecule has 0 saturated heterocycles. The average molecular weight is 214 g/mol. The normalized spacial score (nSPS) is 26.0. The fraction of sp³-hybridized carbons (Fsp3) is 0.909. The van der Waals surface area contributed by atoms with Crippen LogP contribution in [0.2, 0.25) is 0 Å². The van der Waals surface area contributed by atoms with Crippen LogP contribution in [0.15, 0.2) is 0 Å². The van der Waals surface area contributed by atoms with Crippen LogP contribution in [0.4, 0.5) is 4.79 Å². The molecule has 3 N–H and O–H groups in total. The lowest BCUT2D eigenvalue weighted by atomic mass is 9.94. The number of ether oxygens (including phenoxy) is 1. The summed E-state index contributed by atoms with van der Waals surface area (Å²) in [6, 6.07) is 0.299. The third kappa shape index (κ3) is 5.02. The largest absolute Gasteiger partial charge is 0.446 e. The highest BCUT2D eigenvalue weighted by molar-refractivity contribution is 5.67. The van der Waals surface area contributed by atoms with Crippen LogP contribution < -0.4 is 11.1 Å². The van der Waals surface area contributed by atoms with E-state index in [1.165, 1.54) is 0 Å². The minimum atomic E-state index is -0.274. The second kappa shape index (κ2) is 6.67. The summed E-state index contributed by atoms with van der Waals surface area (Å²) in [5, 5.41) is 2.75. The molecule has 4 heteroatoms. The van der Waals surface area contributed by atoms with Gasteiger partial charge in [0.25, 0.3) is 0 Å². The zero-order chi connectivity index (χ0) is 11.1. The lowest BCUT2D eigenvalue weighted by molar-refractivity contribution is 0.0719. The first kappa shape index (κ1) is 12.3. The molecule has 1 amide bonds. The highest BCUT2D eigenvalue weighted by atomic mass is 16.6. The molecule has 1 rings (SSSR count). The van der Waals surface area contributed by atoms with Gasteiger partial charge in [0.05, 0.1) is 0 Å². The fourth-order valence-electron chi connectivity index (χ4n) is 1.77. The Morgan fingerprint density at radius 1 is 1.40 bits per heavy atom. The summed E-state index contributed by atoms with van der Waals surface area (Å²) in [6.07, 6.45) is 5.63. The number of amides is 1. The number of nitrogens with two attached hydrogens (primary N) is 1. The Hall–Kier alpha value is -0.770. The average Bonchev–Trinajstić information content (AvgIpc) is 2.22. The molecule has 1 fully saturated rings. The highest BCUT2D eigenvalue weighted by Crippen LogP contribution is 2.19. The third-order valence-electron chi connectivity index (χ3n) is 2.79. The maximum atomic E-state index is 11.3. The van der Waals surface area contributed by atoms with E-state index in [0.717, 1.165) is 38.5 Å². The Morgan fingerprint density at radius 3 is 2.67 bits per heavy atom. The van der Waals surface area contributed by atoms with Crippen LogP contribution in [-0.2, 0) is 4.74 Å². The van der Waals surface area contributed by atoms with E-state index in [1.54, 1.807) is 0 Å². The van der Waals surface area contributed by atoms with Gasteiger partial charge in [-0.2, -0.15) is 0 Å². The van der Waals surface area contributed by atoms with E-state index in [4.69, 9.17) is 10.5 Å². The predicted molar refractivity (Wildman–Crippen MR) is 59.6 cm³/mol. The van der Waals surface area contributed by atoms with Gasteiger partial charge in [-0.05, 0) is 32.1 Å². The zero-order valence-corrected chi connectivity index (χ0v) is 9.50. The molecule has 4 nitrogen and oxygen atoms in total. The molecule has 0 spiro atoms. The Morgan fingerprint density at radius 2 is 2.07 bits per heavy atom. The number of carbonyl (C=O) groups excluding carboxylic acids is 1. The van der Waals surface area contributed by atoms with Crippen LogP contribution >= 0.6 is 0 Å². The molecule has 0 atom stereocenters. The van der Waals surface area contributed by atoms with Gasteiger partial charge in [-0.15, -0.1) is 0 Å². The minimum absolute atomic E-state index is 0.0754. The lowest BCUT2D eigenvalue weighted by Crippen LogP contribution is -2.35. The van der Waals surface area contributed by atoms with Gasteiger partial charge in [0.15, 0.2) is 0 Å². The van der Waals surface area contributed by atoms with Crippen molar-refractivity contribution in [2.24, 2.45) is 5.73 Å². The van der Waals surface area contributed by atoms with Crippen molar-refractivity contribution in [1.29, 1.82) is 0 Å². The van der Waals surface area contributed by atoms with Gasteiger partial charge < -0.3 is 15.8 Å².